The highest BCUT2D eigenvalue weighted by Crippen LogP contribution is 2.37. The van der Waals surface area contributed by atoms with Gasteiger partial charge in [-0.3, -0.25) is 9.79 Å². The number of rotatable bonds is 3. The van der Waals surface area contributed by atoms with Gasteiger partial charge in [0.2, 0.25) is 0 Å². The first-order chi connectivity index (χ1) is 13.3. The first-order valence-corrected chi connectivity index (χ1v) is 10.7. The molecule has 1 aromatic heterocycles. The normalized spacial score (nSPS) is 19.5. The second kappa shape index (κ2) is 7.22. The maximum Gasteiger partial charge on any atom is 0.265 e. The molecule has 0 fully saturated rings. The zero-order chi connectivity index (χ0) is 19.9. The van der Waals surface area contributed by atoms with E-state index in [4.69, 9.17) is 5.73 Å². The average molecular weight is 414 g/mol. The van der Waals surface area contributed by atoms with E-state index in [2.05, 4.69) is 16.4 Å². The Bertz CT molecular complexity index is 1110. The van der Waals surface area contributed by atoms with Crippen molar-refractivity contribution in [1.82, 2.24) is 0 Å². The second-order valence-corrected chi connectivity index (χ2v) is 9.32. The number of aryl methyl sites for hydroxylation is 1. The summed E-state index contributed by atoms with van der Waals surface area (Å²) in [5, 5.41) is 4.40. The van der Waals surface area contributed by atoms with E-state index in [1.165, 1.54) is 29.2 Å². The Morgan fingerprint density at radius 1 is 1.25 bits per heavy atom. The van der Waals surface area contributed by atoms with Crippen LogP contribution in [0.25, 0.3) is 10.1 Å². The van der Waals surface area contributed by atoms with Crippen LogP contribution in [0.1, 0.15) is 34.1 Å². The number of thioether (sulfide) groups is 1. The van der Waals surface area contributed by atoms with Crippen molar-refractivity contribution in [1.29, 1.82) is 0 Å². The summed E-state index contributed by atoms with van der Waals surface area (Å²) >= 11 is 2.91. The van der Waals surface area contributed by atoms with Gasteiger partial charge in [-0.25, -0.2) is 4.39 Å². The molecule has 28 heavy (non-hydrogen) atoms. The number of benzene rings is 2. The maximum absolute atomic E-state index is 14.5. The zero-order valence-electron chi connectivity index (χ0n) is 15.6. The summed E-state index contributed by atoms with van der Waals surface area (Å²) in [7, 11) is 0. The number of nitrogens with zero attached hydrogens (tertiary/aromatic N) is 1. The van der Waals surface area contributed by atoms with Crippen LogP contribution in [0.15, 0.2) is 47.5 Å². The standard InChI is InChI=1S/C21H20FN3OS2/c1-12-3-6-17-13(9-12)10-18(28-17)19(26)24-14-4-5-16(22)15(11-14)21(2)7-8-27-20(23)25-21/h3-6,9-11H,7-8H2,1-2H3,(H2,23,25)(H,24,26). The molecule has 0 radical (unpaired) electrons. The molecule has 1 amide bonds. The van der Waals surface area contributed by atoms with Gasteiger partial charge in [-0.15, -0.1) is 11.3 Å². The number of halogens is 1. The van der Waals surface area contributed by atoms with Gasteiger partial charge in [0.25, 0.3) is 5.91 Å². The van der Waals surface area contributed by atoms with E-state index in [9.17, 15) is 9.18 Å². The van der Waals surface area contributed by atoms with Gasteiger partial charge in [-0.1, -0.05) is 29.5 Å². The van der Waals surface area contributed by atoms with Gasteiger partial charge in [0, 0.05) is 21.7 Å². The summed E-state index contributed by atoms with van der Waals surface area (Å²) in [6.45, 7) is 3.90. The Balaban J connectivity index is 1.62. The van der Waals surface area contributed by atoms with Gasteiger partial charge in [-0.2, -0.15) is 0 Å². The van der Waals surface area contributed by atoms with Crippen molar-refractivity contribution < 1.29 is 9.18 Å². The topological polar surface area (TPSA) is 67.5 Å². The Morgan fingerprint density at radius 3 is 2.86 bits per heavy atom. The number of nitrogens with one attached hydrogen (secondary N) is 1. The molecule has 1 aliphatic heterocycles. The molecule has 1 atom stereocenters. The lowest BCUT2D eigenvalue weighted by Crippen LogP contribution is -2.29. The molecule has 0 saturated heterocycles. The predicted molar refractivity (Wildman–Crippen MR) is 117 cm³/mol. The highest BCUT2D eigenvalue weighted by molar-refractivity contribution is 8.13. The van der Waals surface area contributed by atoms with Crippen molar-refractivity contribution in [3.8, 4) is 0 Å². The van der Waals surface area contributed by atoms with Crippen molar-refractivity contribution in [2.45, 2.75) is 25.8 Å². The minimum Gasteiger partial charge on any atom is -0.379 e. The summed E-state index contributed by atoms with van der Waals surface area (Å²) in [5.41, 5.74) is 7.28. The summed E-state index contributed by atoms with van der Waals surface area (Å²) in [6, 6.07) is 12.6. The second-order valence-electron chi connectivity index (χ2n) is 7.12. The van der Waals surface area contributed by atoms with Crippen LogP contribution in [0.5, 0.6) is 0 Å². The molecule has 2 aromatic carbocycles. The molecule has 3 N–H and O–H groups in total. The molecular weight excluding hydrogens is 393 g/mol. The number of amides is 1. The number of aliphatic imine (C=N–C) groups is 1. The van der Waals surface area contributed by atoms with Gasteiger partial charge in [-0.05, 0) is 56.0 Å². The quantitative estimate of drug-likeness (QED) is 0.615. The van der Waals surface area contributed by atoms with Crippen LogP contribution in [0.4, 0.5) is 10.1 Å². The Morgan fingerprint density at radius 2 is 2.07 bits per heavy atom. The first kappa shape index (κ1) is 19.0. The summed E-state index contributed by atoms with van der Waals surface area (Å²) in [4.78, 5) is 17.8. The van der Waals surface area contributed by atoms with Crippen molar-refractivity contribution in [3.05, 3.63) is 64.3 Å². The Hall–Kier alpha value is -2.38. The molecular formula is C21H20FN3OS2. The number of carbonyl (C=O) groups is 1. The van der Waals surface area contributed by atoms with E-state index in [-0.39, 0.29) is 11.7 Å². The molecule has 2 heterocycles. The lowest BCUT2D eigenvalue weighted by molar-refractivity contribution is 0.103. The zero-order valence-corrected chi connectivity index (χ0v) is 17.2. The minimum atomic E-state index is -0.727. The lowest BCUT2D eigenvalue weighted by Gasteiger charge is -2.30. The molecule has 0 bridgehead atoms. The fourth-order valence-corrected chi connectivity index (χ4v) is 5.28. The van der Waals surface area contributed by atoms with Crippen LogP contribution >= 0.6 is 23.1 Å². The smallest absolute Gasteiger partial charge is 0.265 e. The number of nitrogens with two attached hydrogens (primary N) is 1. The van der Waals surface area contributed by atoms with Crippen LogP contribution in [-0.4, -0.2) is 16.8 Å². The third kappa shape index (κ3) is 3.64. The summed E-state index contributed by atoms with van der Waals surface area (Å²) in [6.07, 6.45) is 0.683. The maximum atomic E-state index is 14.5. The monoisotopic (exact) mass is 413 g/mol. The largest absolute Gasteiger partial charge is 0.379 e. The molecule has 1 aliphatic rings. The minimum absolute atomic E-state index is 0.205. The Labute approximate surface area is 171 Å². The van der Waals surface area contributed by atoms with Crippen LogP contribution in [0.2, 0.25) is 0 Å². The predicted octanol–water partition coefficient (Wildman–Crippen LogP) is 5.27. The number of carbonyl (C=O) groups excluding carboxylic acids is 1. The third-order valence-electron chi connectivity index (χ3n) is 4.90. The van der Waals surface area contributed by atoms with Crippen LogP contribution in [0.3, 0.4) is 0 Å². The van der Waals surface area contributed by atoms with E-state index in [0.29, 0.717) is 27.7 Å². The molecule has 1 unspecified atom stereocenters. The van der Waals surface area contributed by atoms with Crippen LogP contribution in [0, 0.1) is 12.7 Å². The molecule has 4 nitrogen and oxygen atoms in total. The number of thiophene rings is 1. The lowest BCUT2D eigenvalue weighted by atomic mass is 9.89. The van der Waals surface area contributed by atoms with Crippen molar-refractivity contribution >= 4 is 49.9 Å². The molecule has 3 aromatic rings. The first-order valence-electron chi connectivity index (χ1n) is 8.94. The van der Waals surface area contributed by atoms with Gasteiger partial charge >= 0.3 is 0 Å². The van der Waals surface area contributed by atoms with Crippen molar-refractivity contribution in [2.24, 2.45) is 10.7 Å². The summed E-state index contributed by atoms with van der Waals surface area (Å²) < 4.78 is 15.6. The molecule has 0 aliphatic carbocycles. The van der Waals surface area contributed by atoms with Crippen molar-refractivity contribution in [3.63, 3.8) is 0 Å². The fourth-order valence-electron chi connectivity index (χ4n) is 3.36. The number of hydrogen-bond acceptors (Lipinski definition) is 5. The van der Waals surface area contributed by atoms with Gasteiger partial charge in [0.05, 0.1) is 10.4 Å². The van der Waals surface area contributed by atoms with E-state index in [0.717, 1.165) is 21.4 Å². The number of anilines is 1. The molecule has 4 rings (SSSR count). The molecule has 7 heteroatoms. The molecule has 0 spiro atoms. The van der Waals surface area contributed by atoms with E-state index < -0.39 is 5.54 Å². The van der Waals surface area contributed by atoms with E-state index in [1.54, 1.807) is 12.1 Å². The third-order valence-corrected chi connectivity index (χ3v) is 6.81. The fraction of sp³-hybridized carbons (Fsp3) is 0.238. The number of amidine groups is 1. The van der Waals surface area contributed by atoms with E-state index >= 15 is 0 Å². The van der Waals surface area contributed by atoms with Crippen LogP contribution < -0.4 is 11.1 Å². The van der Waals surface area contributed by atoms with Gasteiger partial charge < -0.3 is 11.1 Å². The van der Waals surface area contributed by atoms with E-state index in [1.807, 2.05) is 32.0 Å². The van der Waals surface area contributed by atoms with Gasteiger partial charge in [0.15, 0.2) is 5.17 Å². The highest BCUT2D eigenvalue weighted by Gasteiger charge is 2.32. The van der Waals surface area contributed by atoms with Crippen molar-refractivity contribution in [2.75, 3.05) is 11.1 Å². The highest BCUT2D eigenvalue weighted by atomic mass is 32.2. The van der Waals surface area contributed by atoms with Gasteiger partial charge in [0.1, 0.15) is 5.82 Å². The molecule has 144 valence electrons. The average Bonchev–Trinajstić information content (AvgIpc) is 3.06. The number of fused-ring (bicyclic) bond motifs is 1. The summed E-state index contributed by atoms with van der Waals surface area (Å²) in [5.74, 6) is 0.230. The SMILES string of the molecule is Cc1ccc2sc(C(=O)Nc3ccc(F)c(C4(C)CCSC(N)=N4)c3)cc2c1. The Kier molecular flexibility index (Phi) is 4.89. The van der Waals surface area contributed by atoms with Crippen LogP contribution in [-0.2, 0) is 5.54 Å². The molecule has 0 saturated carbocycles. The number of hydrogen-bond donors (Lipinski definition) is 2.